The standard InChI is InChI=1S/C11H19N3O3/c1-7(10(15)16)12-11(17)13-8-4-5-14(6-8)9-2-3-9/h7-9H,2-6H2,1H3,(H,15,16)(H2,12,13,17)/t7-,8?/m0/s1. The van der Waals surface area contributed by atoms with Gasteiger partial charge in [-0.1, -0.05) is 0 Å². The average Bonchev–Trinajstić information content (AvgIpc) is 3.00. The highest BCUT2D eigenvalue weighted by Crippen LogP contribution is 2.29. The van der Waals surface area contributed by atoms with Crippen LogP contribution in [0.2, 0.25) is 0 Å². The van der Waals surface area contributed by atoms with Crippen LogP contribution in [0.4, 0.5) is 4.79 Å². The number of nitrogens with zero attached hydrogens (tertiary/aromatic N) is 1. The molecule has 0 radical (unpaired) electrons. The fourth-order valence-corrected chi connectivity index (χ4v) is 2.16. The Morgan fingerprint density at radius 2 is 2.06 bits per heavy atom. The Morgan fingerprint density at radius 1 is 1.35 bits per heavy atom. The van der Waals surface area contributed by atoms with Crippen LogP contribution >= 0.6 is 0 Å². The Bertz CT molecular complexity index is 317. The number of aliphatic carboxylic acids is 1. The van der Waals surface area contributed by atoms with Gasteiger partial charge in [-0.05, 0) is 26.2 Å². The van der Waals surface area contributed by atoms with Crippen molar-refractivity contribution in [3.63, 3.8) is 0 Å². The van der Waals surface area contributed by atoms with Gasteiger partial charge in [-0.15, -0.1) is 0 Å². The number of rotatable bonds is 4. The molecule has 2 amide bonds. The second kappa shape index (κ2) is 4.91. The van der Waals surface area contributed by atoms with E-state index in [4.69, 9.17) is 5.11 Å². The molecule has 2 aliphatic rings. The molecule has 6 nitrogen and oxygen atoms in total. The summed E-state index contributed by atoms with van der Waals surface area (Å²) in [7, 11) is 0. The van der Waals surface area contributed by atoms with Gasteiger partial charge in [-0.2, -0.15) is 0 Å². The van der Waals surface area contributed by atoms with Crippen LogP contribution in [0.3, 0.4) is 0 Å². The van der Waals surface area contributed by atoms with Gasteiger partial charge in [-0.25, -0.2) is 4.79 Å². The van der Waals surface area contributed by atoms with Crippen molar-refractivity contribution in [3.8, 4) is 0 Å². The lowest BCUT2D eigenvalue weighted by atomic mass is 10.3. The predicted molar refractivity (Wildman–Crippen MR) is 61.8 cm³/mol. The highest BCUT2D eigenvalue weighted by Gasteiger charge is 2.34. The molecule has 1 saturated carbocycles. The van der Waals surface area contributed by atoms with Crippen LogP contribution in [-0.4, -0.2) is 53.2 Å². The van der Waals surface area contributed by atoms with Gasteiger partial charge in [0.1, 0.15) is 6.04 Å². The molecule has 0 aromatic rings. The van der Waals surface area contributed by atoms with Crippen molar-refractivity contribution in [3.05, 3.63) is 0 Å². The van der Waals surface area contributed by atoms with E-state index in [0.29, 0.717) is 0 Å². The molecule has 0 spiro atoms. The van der Waals surface area contributed by atoms with E-state index in [1.165, 1.54) is 19.8 Å². The van der Waals surface area contributed by atoms with E-state index < -0.39 is 12.0 Å². The van der Waals surface area contributed by atoms with Crippen molar-refractivity contribution in [1.29, 1.82) is 0 Å². The number of carbonyl (C=O) groups excluding carboxylic acids is 1. The molecule has 1 aliphatic carbocycles. The maximum absolute atomic E-state index is 11.5. The van der Waals surface area contributed by atoms with E-state index in [0.717, 1.165) is 25.6 Å². The van der Waals surface area contributed by atoms with Gasteiger partial charge in [0.2, 0.25) is 0 Å². The first-order chi connectivity index (χ1) is 8.06. The van der Waals surface area contributed by atoms with Crippen molar-refractivity contribution in [1.82, 2.24) is 15.5 Å². The van der Waals surface area contributed by atoms with Gasteiger partial charge in [0.25, 0.3) is 0 Å². The minimum atomic E-state index is -1.02. The molecule has 96 valence electrons. The molecule has 1 aliphatic heterocycles. The molecule has 0 aromatic heterocycles. The second-order valence-electron chi connectivity index (χ2n) is 4.89. The minimum absolute atomic E-state index is 0.150. The number of likely N-dealkylation sites (tertiary alicyclic amines) is 1. The minimum Gasteiger partial charge on any atom is -0.480 e. The molecule has 1 heterocycles. The van der Waals surface area contributed by atoms with Gasteiger partial charge in [0.05, 0.1) is 0 Å². The lowest BCUT2D eigenvalue weighted by Crippen LogP contribution is -2.48. The summed E-state index contributed by atoms with van der Waals surface area (Å²) in [5.74, 6) is -1.02. The van der Waals surface area contributed by atoms with Gasteiger partial charge < -0.3 is 15.7 Å². The van der Waals surface area contributed by atoms with Crippen molar-refractivity contribution < 1.29 is 14.7 Å². The summed E-state index contributed by atoms with van der Waals surface area (Å²) in [4.78, 5) is 24.5. The molecule has 3 N–H and O–H groups in total. The van der Waals surface area contributed by atoms with E-state index in [9.17, 15) is 9.59 Å². The first kappa shape index (κ1) is 12.2. The number of urea groups is 1. The summed E-state index contributed by atoms with van der Waals surface area (Å²) in [5.41, 5.74) is 0. The second-order valence-corrected chi connectivity index (χ2v) is 4.89. The van der Waals surface area contributed by atoms with Gasteiger partial charge in [0, 0.05) is 25.2 Å². The molecule has 2 atom stereocenters. The Hall–Kier alpha value is -1.30. The normalized spacial score (nSPS) is 26.5. The zero-order valence-electron chi connectivity index (χ0n) is 9.98. The Morgan fingerprint density at radius 3 is 2.65 bits per heavy atom. The lowest BCUT2D eigenvalue weighted by molar-refractivity contribution is -0.138. The van der Waals surface area contributed by atoms with E-state index in [1.807, 2.05) is 0 Å². The maximum atomic E-state index is 11.5. The number of amides is 2. The summed E-state index contributed by atoms with van der Waals surface area (Å²) in [6.45, 7) is 3.37. The van der Waals surface area contributed by atoms with Crippen LogP contribution < -0.4 is 10.6 Å². The van der Waals surface area contributed by atoms with Crippen LogP contribution in [-0.2, 0) is 4.79 Å². The highest BCUT2D eigenvalue weighted by atomic mass is 16.4. The Labute approximate surface area is 100 Å². The van der Waals surface area contributed by atoms with Crippen molar-refractivity contribution in [2.75, 3.05) is 13.1 Å². The summed E-state index contributed by atoms with van der Waals surface area (Å²) >= 11 is 0. The number of nitrogens with one attached hydrogen (secondary N) is 2. The van der Waals surface area contributed by atoms with Crippen LogP contribution in [0.25, 0.3) is 0 Å². The third kappa shape index (κ3) is 3.33. The fraction of sp³-hybridized carbons (Fsp3) is 0.818. The third-order valence-corrected chi connectivity index (χ3v) is 3.34. The molecule has 1 saturated heterocycles. The largest absolute Gasteiger partial charge is 0.480 e. The quantitative estimate of drug-likeness (QED) is 0.647. The number of hydrogen-bond acceptors (Lipinski definition) is 3. The van der Waals surface area contributed by atoms with Crippen molar-refractivity contribution in [2.24, 2.45) is 0 Å². The van der Waals surface area contributed by atoms with Gasteiger partial charge >= 0.3 is 12.0 Å². The van der Waals surface area contributed by atoms with Gasteiger partial charge in [-0.3, -0.25) is 9.69 Å². The van der Waals surface area contributed by atoms with E-state index in [1.54, 1.807) is 0 Å². The van der Waals surface area contributed by atoms with E-state index in [-0.39, 0.29) is 12.1 Å². The topological polar surface area (TPSA) is 81.7 Å². The van der Waals surface area contributed by atoms with Crippen molar-refractivity contribution >= 4 is 12.0 Å². The molecule has 2 rings (SSSR count). The van der Waals surface area contributed by atoms with Gasteiger partial charge in [0.15, 0.2) is 0 Å². The molecular weight excluding hydrogens is 222 g/mol. The SMILES string of the molecule is C[C@H](NC(=O)NC1CCN(C2CC2)C1)C(=O)O. The summed E-state index contributed by atoms with van der Waals surface area (Å²) in [6.07, 6.45) is 3.50. The third-order valence-electron chi connectivity index (χ3n) is 3.34. The fourth-order valence-electron chi connectivity index (χ4n) is 2.16. The molecule has 0 bridgehead atoms. The maximum Gasteiger partial charge on any atom is 0.325 e. The number of hydrogen-bond donors (Lipinski definition) is 3. The first-order valence-electron chi connectivity index (χ1n) is 6.10. The van der Waals surface area contributed by atoms with E-state index in [2.05, 4.69) is 15.5 Å². The first-order valence-corrected chi connectivity index (χ1v) is 6.10. The molecule has 2 fully saturated rings. The van der Waals surface area contributed by atoms with Crippen LogP contribution in [0.1, 0.15) is 26.2 Å². The summed E-state index contributed by atoms with van der Waals surface area (Å²) in [6, 6.07) is -0.363. The van der Waals surface area contributed by atoms with Crippen LogP contribution in [0, 0.1) is 0 Å². The Kier molecular flexibility index (Phi) is 3.51. The summed E-state index contributed by atoms with van der Waals surface area (Å²) in [5, 5.41) is 13.9. The smallest absolute Gasteiger partial charge is 0.325 e. The summed E-state index contributed by atoms with van der Waals surface area (Å²) < 4.78 is 0. The van der Waals surface area contributed by atoms with Crippen LogP contribution in [0.15, 0.2) is 0 Å². The molecule has 0 aromatic carbocycles. The lowest BCUT2D eigenvalue weighted by Gasteiger charge is -2.17. The van der Waals surface area contributed by atoms with Crippen LogP contribution in [0.5, 0.6) is 0 Å². The monoisotopic (exact) mass is 241 g/mol. The highest BCUT2D eigenvalue weighted by molar-refractivity contribution is 5.82. The average molecular weight is 241 g/mol. The molecule has 1 unspecified atom stereocenters. The zero-order valence-corrected chi connectivity index (χ0v) is 9.98. The molecule has 6 heteroatoms. The molecular formula is C11H19N3O3. The Balaban J connectivity index is 1.70. The molecule has 17 heavy (non-hydrogen) atoms. The van der Waals surface area contributed by atoms with E-state index >= 15 is 0 Å². The number of carboxylic acids is 1. The zero-order chi connectivity index (χ0) is 12.4. The predicted octanol–water partition coefficient (Wildman–Crippen LogP) is -0.00460. The number of carbonyl (C=O) groups is 2. The number of carboxylic acid groups (broad SMARTS) is 1. The van der Waals surface area contributed by atoms with Crippen molar-refractivity contribution in [2.45, 2.75) is 44.3 Å².